The lowest BCUT2D eigenvalue weighted by atomic mass is 9.96. The van der Waals surface area contributed by atoms with Gasteiger partial charge in [-0.15, -0.1) is 0 Å². The maximum absolute atomic E-state index is 11.9. The van der Waals surface area contributed by atoms with E-state index in [1.807, 2.05) is 0 Å². The highest BCUT2D eigenvalue weighted by molar-refractivity contribution is 5.85. The Balaban J connectivity index is 1.79. The van der Waals surface area contributed by atoms with E-state index in [2.05, 4.69) is 10.6 Å². The molecule has 0 bridgehead atoms. The van der Waals surface area contributed by atoms with Crippen LogP contribution in [-0.4, -0.2) is 54.1 Å². The summed E-state index contributed by atoms with van der Waals surface area (Å²) in [4.78, 5) is 35.5. The molecule has 2 unspecified atom stereocenters. The van der Waals surface area contributed by atoms with E-state index in [0.29, 0.717) is 26.1 Å². The number of nitrogens with one attached hydrogen (secondary N) is 2. The number of carbonyl (C=O) groups excluding carboxylic acids is 2. The lowest BCUT2D eigenvalue weighted by Crippen LogP contribution is -2.53. The third-order valence-electron chi connectivity index (χ3n) is 3.82. The number of carboxylic acids is 1. The van der Waals surface area contributed by atoms with Crippen LogP contribution in [0.2, 0.25) is 0 Å². The van der Waals surface area contributed by atoms with Crippen molar-refractivity contribution in [1.82, 2.24) is 15.5 Å². The molecule has 2 rings (SSSR count). The first-order valence-electron chi connectivity index (χ1n) is 6.60. The smallest absolute Gasteiger partial charge is 0.317 e. The Morgan fingerprint density at radius 1 is 1.42 bits per heavy atom. The molecule has 0 spiro atoms. The van der Waals surface area contributed by atoms with Crippen LogP contribution in [0, 0.1) is 11.8 Å². The number of piperazine rings is 1. The first kappa shape index (κ1) is 13.6. The van der Waals surface area contributed by atoms with Crippen LogP contribution in [0.5, 0.6) is 0 Å². The maximum Gasteiger partial charge on any atom is 0.317 e. The first-order valence-corrected chi connectivity index (χ1v) is 6.60. The van der Waals surface area contributed by atoms with Crippen LogP contribution in [0.15, 0.2) is 0 Å². The molecule has 3 amide bonds. The third-order valence-corrected chi connectivity index (χ3v) is 3.82. The normalized spacial score (nSPS) is 26.9. The summed E-state index contributed by atoms with van der Waals surface area (Å²) in [5.41, 5.74) is 0. The topological polar surface area (TPSA) is 98.7 Å². The van der Waals surface area contributed by atoms with Crippen molar-refractivity contribution in [2.75, 3.05) is 26.2 Å². The molecule has 1 heterocycles. The van der Waals surface area contributed by atoms with Crippen LogP contribution >= 0.6 is 0 Å². The monoisotopic (exact) mass is 269 g/mol. The van der Waals surface area contributed by atoms with Gasteiger partial charge in [0.05, 0.1) is 5.92 Å². The van der Waals surface area contributed by atoms with Crippen molar-refractivity contribution in [3.05, 3.63) is 0 Å². The number of carbonyl (C=O) groups is 3. The summed E-state index contributed by atoms with van der Waals surface area (Å²) in [7, 11) is 0. The zero-order valence-corrected chi connectivity index (χ0v) is 10.7. The van der Waals surface area contributed by atoms with E-state index < -0.39 is 5.97 Å². The van der Waals surface area contributed by atoms with E-state index in [-0.39, 0.29) is 30.3 Å². The van der Waals surface area contributed by atoms with E-state index in [1.165, 1.54) is 4.90 Å². The lowest BCUT2D eigenvalue weighted by molar-refractivity contribution is -0.142. The van der Waals surface area contributed by atoms with Crippen LogP contribution in [0.3, 0.4) is 0 Å². The van der Waals surface area contributed by atoms with Crippen molar-refractivity contribution in [3.63, 3.8) is 0 Å². The van der Waals surface area contributed by atoms with Crippen molar-refractivity contribution >= 4 is 17.9 Å². The molecular formula is C12H19N3O4. The molecule has 0 radical (unpaired) electrons. The minimum atomic E-state index is -0.783. The molecule has 1 saturated heterocycles. The molecule has 1 saturated carbocycles. The van der Waals surface area contributed by atoms with Gasteiger partial charge in [-0.1, -0.05) is 6.42 Å². The summed E-state index contributed by atoms with van der Waals surface area (Å²) in [5.74, 6) is -1.30. The Bertz CT molecular complexity index is 385. The molecule has 106 valence electrons. The summed E-state index contributed by atoms with van der Waals surface area (Å²) in [6.07, 6.45) is 2.41. The van der Waals surface area contributed by atoms with Crippen molar-refractivity contribution in [3.8, 4) is 0 Å². The highest BCUT2D eigenvalue weighted by atomic mass is 16.4. The molecule has 2 aliphatic rings. The van der Waals surface area contributed by atoms with Gasteiger partial charge in [-0.2, -0.15) is 0 Å². The summed E-state index contributed by atoms with van der Waals surface area (Å²) in [6, 6.07) is -0.286. The van der Waals surface area contributed by atoms with Crippen LogP contribution < -0.4 is 10.6 Å². The molecule has 1 aliphatic carbocycles. The Morgan fingerprint density at radius 3 is 2.89 bits per heavy atom. The molecule has 1 aliphatic heterocycles. The Labute approximate surface area is 111 Å². The molecule has 7 heteroatoms. The fourth-order valence-corrected chi connectivity index (χ4v) is 2.75. The number of carboxylic acid groups (broad SMARTS) is 1. The van der Waals surface area contributed by atoms with E-state index in [4.69, 9.17) is 5.11 Å². The lowest BCUT2D eigenvalue weighted by Gasteiger charge is -2.27. The van der Waals surface area contributed by atoms with Crippen LogP contribution in [0.1, 0.15) is 19.3 Å². The van der Waals surface area contributed by atoms with Crippen molar-refractivity contribution < 1.29 is 19.5 Å². The minimum absolute atomic E-state index is 0.0000621. The van der Waals surface area contributed by atoms with Gasteiger partial charge in [-0.05, 0) is 18.8 Å². The van der Waals surface area contributed by atoms with Crippen molar-refractivity contribution in [2.45, 2.75) is 19.3 Å². The summed E-state index contributed by atoms with van der Waals surface area (Å²) < 4.78 is 0. The third kappa shape index (κ3) is 3.36. The second-order valence-electron chi connectivity index (χ2n) is 5.09. The molecule has 0 aromatic carbocycles. The van der Waals surface area contributed by atoms with Gasteiger partial charge in [0.1, 0.15) is 6.54 Å². The van der Waals surface area contributed by atoms with Gasteiger partial charge in [0, 0.05) is 19.6 Å². The molecule has 19 heavy (non-hydrogen) atoms. The molecule has 7 nitrogen and oxygen atoms in total. The molecule has 2 atom stereocenters. The van der Waals surface area contributed by atoms with Crippen molar-refractivity contribution in [1.29, 1.82) is 0 Å². The highest BCUT2D eigenvalue weighted by Gasteiger charge is 2.33. The van der Waals surface area contributed by atoms with E-state index in [9.17, 15) is 14.4 Å². The van der Waals surface area contributed by atoms with Crippen molar-refractivity contribution in [2.24, 2.45) is 11.8 Å². The second kappa shape index (κ2) is 5.90. The van der Waals surface area contributed by atoms with Gasteiger partial charge >= 0.3 is 12.0 Å². The average molecular weight is 269 g/mol. The Hall–Kier alpha value is -1.79. The van der Waals surface area contributed by atoms with Crippen LogP contribution in [-0.2, 0) is 9.59 Å². The van der Waals surface area contributed by atoms with Gasteiger partial charge in [0.25, 0.3) is 0 Å². The second-order valence-corrected chi connectivity index (χ2v) is 5.09. The zero-order valence-electron chi connectivity index (χ0n) is 10.7. The van der Waals surface area contributed by atoms with E-state index in [1.54, 1.807) is 0 Å². The number of rotatable bonds is 3. The van der Waals surface area contributed by atoms with E-state index in [0.717, 1.165) is 12.8 Å². The minimum Gasteiger partial charge on any atom is -0.481 e. The summed E-state index contributed by atoms with van der Waals surface area (Å²) in [5, 5.41) is 14.4. The number of urea groups is 1. The first-order chi connectivity index (χ1) is 9.08. The summed E-state index contributed by atoms with van der Waals surface area (Å²) >= 11 is 0. The van der Waals surface area contributed by atoms with Gasteiger partial charge in [-0.3, -0.25) is 9.59 Å². The molecule has 0 aromatic rings. The predicted molar refractivity (Wildman–Crippen MR) is 66.4 cm³/mol. The number of nitrogens with zero attached hydrogens (tertiary/aromatic N) is 1. The largest absolute Gasteiger partial charge is 0.481 e. The Morgan fingerprint density at radius 2 is 2.21 bits per heavy atom. The number of aliphatic carboxylic acids is 1. The molecule has 3 N–H and O–H groups in total. The van der Waals surface area contributed by atoms with Crippen LogP contribution in [0.25, 0.3) is 0 Å². The number of hydrogen-bond donors (Lipinski definition) is 3. The van der Waals surface area contributed by atoms with Gasteiger partial charge in [-0.25, -0.2) is 4.79 Å². The maximum atomic E-state index is 11.9. The standard InChI is InChI=1S/C12H19N3O4/c16-10-7-15(5-4-13-10)12(19)14-6-8-2-1-3-9(8)11(17)18/h8-9H,1-7H2,(H,13,16)(H,14,19)(H,17,18). The zero-order chi connectivity index (χ0) is 13.8. The molecule has 2 fully saturated rings. The SMILES string of the molecule is O=C1CN(C(=O)NCC2CCCC2C(=O)O)CCN1. The summed E-state index contributed by atoms with van der Waals surface area (Å²) in [6.45, 7) is 1.39. The fourth-order valence-electron chi connectivity index (χ4n) is 2.75. The average Bonchev–Trinajstić information content (AvgIpc) is 2.84. The number of amides is 3. The molecular weight excluding hydrogens is 250 g/mol. The molecule has 0 aromatic heterocycles. The highest BCUT2D eigenvalue weighted by Crippen LogP contribution is 2.31. The van der Waals surface area contributed by atoms with Gasteiger partial charge in [0.15, 0.2) is 0 Å². The fraction of sp³-hybridized carbons (Fsp3) is 0.750. The predicted octanol–water partition coefficient (Wildman–Crippen LogP) is -0.371. The van der Waals surface area contributed by atoms with Crippen LogP contribution in [0.4, 0.5) is 4.79 Å². The van der Waals surface area contributed by atoms with Gasteiger partial charge in [0.2, 0.25) is 5.91 Å². The quantitative estimate of drug-likeness (QED) is 0.651. The number of hydrogen-bond acceptors (Lipinski definition) is 3. The van der Waals surface area contributed by atoms with Gasteiger partial charge < -0.3 is 20.6 Å². The van der Waals surface area contributed by atoms with E-state index >= 15 is 0 Å². The Kier molecular flexibility index (Phi) is 4.24.